The van der Waals surface area contributed by atoms with Crippen LogP contribution in [0.15, 0.2) is 142 Å². The van der Waals surface area contributed by atoms with Crippen molar-refractivity contribution >= 4 is 156 Å². The Morgan fingerprint density at radius 2 is 0.723 bits per heavy atom. The number of aromatic carboxylic acids is 1. The average Bonchev–Trinajstić information content (AvgIpc) is 0.997. The predicted octanol–water partition coefficient (Wildman–Crippen LogP) is 20.3. The largest absolute Gasteiger partial charge is 0.586 e. The maximum absolute atomic E-state index is 15.4. The van der Waals surface area contributed by atoms with Gasteiger partial charge in [-0.05, 0) is 208 Å². The number of carbonyl (C=O) groups excluding carboxylic acids is 5. The molecule has 11 rings (SSSR count). The molecular formula is C66H35Br3F23I2N5O13. The number of rotatable bonds is 12. The quantitative estimate of drug-likeness (QED) is 0.0448. The van der Waals surface area contributed by atoms with Gasteiger partial charge in [-0.15, -0.1) is 26.3 Å². The number of ether oxygens (including phenoxy) is 6. The molecule has 598 valence electrons. The Kier molecular flexibility index (Phi) is 25.4. The SMILES string of the molecule is CN(C(=O)c1ccc2c(c1)OC(F)(F)O2)c1cccc(C(=O)Br)c1F.CN(C(=O)c1ccc2c(c1)OC(F)(F)O2)c1cccc(C(=O)Nc2c(Br)cc(C(F)(C(F)(F)F)C(F)(F)F)cc2I)c1F.CN(C(=O)c1ccc2c(c1)OC(F)(F)O2)c1cccc(C(=O)O)c1F.Nc1c(Br)cc(C(F)(C(F)(F)F)C(F)(F)F)cc1I. The zero-order valence-corrected chi connectivity index (χ0v) is 63.6. The topological polar surface area (TPSA) is 226 Å². The summed E-state index contributed by atoms with van der Waals surface area (Å²) in [6.45, 7) is 0. The monoisotopic (exact) mass is 2030 g/mol. The highest BCUT2D eigenvalue weighted by Gasteiger charge is 2.75. The van der Waals surface area contributed by atoms with Crippen LogP contribution in [-0.4, -0.2) is 104 Å². The molecule has 112 heavy (non-hydrogen) atoms. The Morgan fingerprint density at radius 3 is 1.04 bits per heavy atom. The summed E-state index contributed by atoms with van der Waals surface area (Å²) >= 11 is 10.7. The summed E-state index contributed by atoms with van der Waals surface area (Å²) in [4.78, 5) is 75.8. The molecule has 0 atom stereocenters. The molecule has 3 heterocycles. The van der Waals surface area contributed by atoms with Gasteiger partial charge in [-0.1, -0.05) is 18.2 Å². The van der Waals surface area contributed by atoms with E-state index in [1.54, 1.807) is 0 Å². The molecule has 0 aliphatic carbocycles. The number of halogens is 28. The van der Waals surface area contributed by atoms with Gasteiger partial charge in [-0.3, -0.25) is 24.0 Å². The van der Waals surface area contributed by atoms with Crippen LogP contribution in [0.5, 0.6) is 34.5 Å². The molecule has 18 nitrogen and oxygen atoms in total. The Bertz CT molecular complexity index is 4880. The summed E-state index contributed by atoms with van der Waals surface area (Å²) in [5.41, 5.74) is -12.4. The van der Waals surface area contributed by atoms with Gasteiger partial charge in [0, 0.05) is 65.0 Å². The summed E-state index contributed by atoms with van der Waals surface area (Å²) in [6.07, 6.45) is -36.6. The number of nitrogens with two attached hydrogens (primary N) is 1. The van der Waals surface area contributed by atoms with E-state index in [0.717, 1.165) is 88.5 Å². The lowest BCUT2D eigenvalue weighted by molar-refractivity contribution is -0.349. The number of nitrogen functional groups attached to an aromatic ring is 1. The molecule has 0 unspecified atom stereocenters. The number of amides is 4. The van der Waals surface area contributed by atoms with Crippen molar-refractivity contribution in [1.82, 2.24) is 0 Å². The van der Waals surface area contributed by atoms with Gasteiger partial charge in [-0.25, -0.2) is 26.7 Å². The fourth-order valence-corrected chi connectivity index (χ4v) is 13.3. The molecule has 4 N–H and O–H groups in total. The van der Waals surface area contributed by atoms with Gasteiger partial charge in [0.2, 0.25) is 4.69 Å². The van der Waals surface area contributed by atoms with Gasteiger partial charge in [0.25, 0.3) is 23.6 Å². The lowest BCUT2D eigenvalue weighted by Crippen LogP contribution is -2.50. The molecule has 0 saturated heterocycles. The van der Waals surface area contributed by atoms with Crippen LogP contribution in [-0.2, 0) is 11.3 Å². The number of nitrogens with zero attached hydrogens (tertiary/aromatic N) is 3. The second-order valence-corrected chi connectivity index (χ2v) is 27.3. The third-order valence-electron chi connectivity index (χ3n) is 15.3. The van der Waals surface area contributed by atoms with Crippen LogP contribution in [0.2, 0.25) is 0 Å². The smallest absolute Gasteiger partial charge is 0.478 e. The first-order valence-electron chi connectivity index (χ1n) is 29.4. The molecule has 46 heteroatoms. The van der Waals surface area contributed by atoms with Gasteiger partial charge in [0.05, 0.1) is 45.1 Å². The number of alkyl halides is 20. The van der Waals surface area contributed by atoms with Gasteiger partial charge in [0.15, 0.2) is 51.9 Å². The number of carboxylic acid groups (broad SMARTS) is 1. The first-order valence-corrected chi connectivity index (χ1v) is 34.0. The first-order chi connectivity index (χ1) is 51.4. The van der Waals surface area contributed by atoms with Gasteiger partial charge < -0.3 is 59.3 Å². The van der Waals surface area contributed by atoms with Crippen LogP contribution in [0.25, 0.3) is 0 Å². The number of hydrogen-bond donors (Lipinski definition) is 3. The third-order valence-corrected chi connectivity index (χ3v) is 18.7. The number of benzene rings is 8. The predicted molar refractivity (Wildman–Crippen MR) is 371 cm³/mol. The number of carboxylic acids is 1. The summed E-state index contributed by atoms with van der Waals surface area (Å²) in [7, 11) is 3.62. The average molecular weight is 2040 g/mol. The molecule has 4 amide bonds. The molecule has 0 aromatic heterocycles. The molecule has 0 saturated carbocycles. The molecule has 8 aromatic rings. The van der Waals surface area contributed by atoms with E-state index < -0.39 is 154 Å². The molecular weight excluding hydrogens is 2000 g/mol. The number of anilines is 5. The molecule has 0 spiro atoms. The second kappa shape index (κ2) is 32.3. The Balaban J connectivity index is 0.000000197. The van der Waals surface area contributed by atoms with E-state index >= 15 is 4.39 Å². The zero-order chi connectivity index (χ0) is 84.2. The van der Waals surface area contributed by atoms with Crippen LogP contribution >= 0.6 is 93.0 Å². The number of nitrogens with one attached hydrogen (secondary N) is 1. The van der Waals surface area contributed by atoms with E-state index in [1.807, 2.05) is 0 Å². The van der Waals surface area contributed by atoms with Crippen molar-refractivity contribution in [2.24, 2.45) is 0 Å². The first kappa shape index (κ1) is 88.2. The molecule has 0 fully saturated rings. The van der Waals surface area contributed by atoms with Crippen LogP contribution < -0.4 is 54.2 Å². The normalized spacial score (nSPS) is 14.2. The van der Waals surface area contributed by atoms with Gasteiger partial charge >= 0.3 is 60.9 Å². The van der Waals surface area contributed by atoms with Crippen LogP contribution in [0.3, 0.4) is 0 Å². The third kappa shape index (κ3) is 18.3. The van der Waals surface area contributed by atoms with E-state index in [1.165, 1.54) is 102 Å². The molecule has 3 aliphatic heterocycles. The highest BCUT2D eigenvalue weighted by Crippen LogP contribution is 2.56. The minimum Gasteiger partial charge on any atom is -0.478 e. The molecule has 0 radical (unpaired) electrons. The summed E-state index contributed by atoms with van der Waals surface area (Å²) in [6, 6.07) is 21.9. The lowest BCUT2D eigenvalue weighted by Gasteiger charge is -2.31. The lowest BCUT2D eigenvalue weighted by atomic mass is 9.94. The summed E-state index contributed by atoms with van der Waals surface area (Å²) in [5, 5.41) is 11.1. The highest BCUT2D eigenvalue weighted by molar-refractivity contribution is 14.1. The second-order valence-electron chi connectivity index (χ2n) is 22.5. The van der Waals surface area contributed by atoms with Crippen molar-refractivity contribution in [1.29, 1.82) is 0 Å². The zero-order valence-electron chi connectivity index (χ0n) is 54.5. The van der Waals surface area contributed by atoms with Gasteiger partial charge in [0.1, 0.15) is 0 Å². The maximum Gasteiger partial charge on any atom is 0.586 e. The van der Waals surface area contributed by atoms with Crippen molar-refractivity contribution in [3.63, 3.8) is 0 Å². The Morgan fingerprint density at radius 1 is 0.429 bits per heavy atom. The van der Waals surface area contributed by atoms with Crippen molar-refractivity contribution in [3.8, 4) is 34.5 Å². The number of hydrogen-bond acceptors (Lipinski definition) is 13. The van der Waals surface area contributed by atoms with E-state index in [9.17, 15) is 125 Å². The summed E-state index contributed by atoms with van der Waals surface area (Å²) < 4.78 is 329. The van der Waals surface area contributed by atoms with Crippen LogP contribution in [0.4, 0.5) is 129 Å². The molecule has 0 bridgehead atoms. The minimum atomic E-state index is -6.38. The van der Waals surface area contributed by atoms with E-state index in [-0.39, 0.29) is 88.2 Å². The Labute approximate surface area is 662 Å². The van der Waals surface area contributed by atoms with E-state index in [2.05, 4.69) is 81.5 Å². The Hall–Kier alpha value is -9.33. The van der Waals surface area contributed by atoms with E-state index in [0.29, 0.717) is 12.1 Å². The van der Waals surface area contributed by atoms with Crippen molar-refractivity contribution in [2.45, 2.75) is 54.9 Å². The maximum atomic E-state index is 15.4. The standard InChI is InChI=1S/C25H12BrF10IN2O4.C16H9BrF3NO4.C16H10F3NO5.C9H4BrF7IN/c1-39(21(41)10-5-6-16-17(7-10)43-25(35,36)42-16)15-4-2-3-12(18(15)27)20(40)38-19-13(26)8-11(9-14(19)37)22(28,23(29,30)31)24(32,33)34;1-21(10-4-2-3-9(13(10)18)14(17)22)15(23)8-5-6-11-12(7-8)25-16(19,20)24-11;1-20(10-4-2-3-9(13(10)17)15(22)23)14(21)8-5-6-11-12(7-8)25-16(18,19)24-11;10-4-1-3(2-5(18)6(4)19)7(11,8(12,13)14)9(15,16)17/h2-9H,1H3,(H,38,40);2-7H,1H3;2-7H,1H3,(H,22,23);1-2H,19H2. The van der Waals surface area contributed by atoms with Gasteiger partial charge in [-0.2, -0.15) is 52.7 Å². The molecule has 3 aliphatic rings. The van der Waals surface area contributed by atoms with Crippen molar-refractivity contribution in [2.75, 3.05) is 46.9 Å². The number of carbonyl (C=O) groups is 6. The number of fused-ring (bicyclic) bond motifs is 3. The highest BCUT2D eigenvalue weighted by atomic mass is 127. The van der Waals surface area contributed by atoms with Crippen molar-refractivity contribution in [3.05, 3.63) is 212 Å². The fourth-order valence-electron chi connectivity index (χ4n) is 9.82. The molecule has 8 aromatic carbocycles. The fraction of sp³-hybridized carbons (Fsp3) is 0.182. The summed E-state index contributed by atoms with van der Waals surface area (Å²) in [5.74, 6) is -10.2. The van der Waals surface area contributed by atoms with Crippen molar-refractivity contribution < 1.29 is 163 Å². The van der Waals surface area contributed by atoms with Crippen LogP contribution in [0, 0.1) is 24.6 Å². The van der Waals surface area contributed by atoms with Crippen LogP contribution in [0.1, 0.15) is 73.3 Å². The minimum absolute atomic E-state index is 0.0162. The van der Waals surface area contributed by atoms with E-state index in [4.69, 9.17) is 10.8 Å².